The summed E-state index contributed by atoms with van der Waals surface area (Å²) in [7, 11) is 0. The second-order valence-electron chi connectivity index (χ2n) is 29.9. The molecule has 0 bridgehead atoms. The van der Waals surface area contributed by atoms with E-state index in [1.807, 2.05) is 13.0 Å². The number of allylic oxidation sites excluding steroid dienone is 2. The van der Waals surface area contributed by atoms with Crippen molar-refractivity contribution in [3.63, 3.8) is 0 Å². The van der Waals surface area contributed by atoms with Crippen molar-refractivity contribution in [3.05, 3.63) is 24.3 Å². The summed E-state index contributed by atoms with van der Waals surface area (Å²) in [5, 5.41) is 2.71. The zero-order valence-corrected chi connectivity index (χ0v) is 55.6. The Morgan fingerprint density at radius 2 is 1.20 bits per heavy atom. The van der Waals surface area contributed by atoms with Crippen LogP contribution in [-0.4, -0.2) is 156 Å². The Morgan fingerprint density at radius 3 is 1.72 bits per heavy atom. The van der Waals surface area contributed by atoms with Crippen LogP contribution in [0.5, 0.6) is 0 Å². The normalized spacial score (nSPS) is 27.6. The first-order chi connectivity index (χ1) is 39.5. The lowest BCUT2D eigenvalue weighted by atomic mass is 9.43. The Bertz CT molecular complexity index is 2550. The summed E-state index contributed by atoms with van der Waals surface area (Å²) < 4.78 is 40.4. The molecule has 4 fully saturated rings. The summed E-state index contributed by atoms with van der Waals surface area (Å²) >= 11 is 0. The molecule has 0 aromatic rings. The molecule has 0 saturated heterocycles. The predicted octanol–water partition coefficient (Wildman–Crippen LogP) is 11.6. The first-order valence-corrected chi connectivity index (χ1v) is 31.4. The summed E-state index contributed by atoms with van der Waals surface area (Å²) in [5.41, 5.74) is -3.85. The summed E-state index contributed by atoms with van der Waals surface area (Å²) in [4.78, 5) is 125. The average Bonchev–Trinajstić information content (AvgIpc) is 1.47. The molecule has 12 atom stereocenters. The van der Waals surface area contributed by atoms with E-state index in [4.69, 9.17) is 33.2 Å². The predicted molar refractivity (Wildman–Crippen MR) is 323 cm³/mol. The topological polar surface area (TPSA) is 240 Å². The molecule has 5 aliphatic rings. The standard InChI is InChI=1S/C66H106N4O16/c1-41(42(2)53(75)54(82-46(6)72)44(4)52-49(81-45(5)71)37-64(20)50-26-25-47-43(3)48(73)27-28-65(47)40-66(50,65)30-29-63(52,64)19)39-80-51(74)38-70(58(79)86-62(16,17)18)36-24-35-69(57(78)85-61(13,14)15)33-22-21-32-68(56(77)84-60(10,11)12)34-23-31-67-55(76)83-59(7,8)9/h27-28,41,43-44,47,49-50,52,54H,2,21-26,29-40H2,1,3-20H3,(H,67,76)/t41-,43-,44-,47-,49-,50-,52-,54+,63+,64-,65+,66-/m0/s1. The van der Waals surface area contributed by atoms with Gasteiger partial charge >= 0.3 is 42.3 Å². The smallest absolute Gasteiger partial charge is 0.410 e. The number of carbonyl (C=O) groups is 9. The molecule has 0 aromatic heterocycles. The lowest BCUT2D eigenvalue weighted by Gasteiger charge is -2.61. The molecule has 1 N–H and O–H groups in total. The van der Waals surface area contributed by atoms with Crippen LogP contribution in [0.1, 0.15) is 196 Å². The van der Waals surface area contributed by atoms with E-state index >= 15 is 0 Å². The second kappa shape index (κ2) is 27.4. The number of rotatable bonds is 24. The van der Waals surface area contributed by atoms with E-state index in [1.165, 1.54) is 23.6 Å². The Hall–Kier alpha value is -5.69. The van der Waals surface area contributed by atoms with Gasteiger partial charge in [-0.15, -0.1) is 0 Å². The van der Waals surface area contributed by atoms with Gasteiger partial charge in [0, 0.05) is 76.8 Å². The molecule has 2 spiro atoms. The number of carbonyl (C=O) groups excluding carboxylic acids is 9. The van der Waals surface area contributed by atoms with E-state index < -0.39 is 106 Å². The summed E-state index contributed by atoms with van der Waals surface area (Å²) in [6.07, 6.45) is 6.53. The number of alkyl carbamates (subject to hydrolysis) is 1. The van der Waals surface area contributed by atoms with Crippen LogP contribution >= 0.6 is 0 Å². The van der Waals surface area contributed by atoms with E-state index in [9.17, 15) is 43.2 Å². The van der Waals surface area contributed by atoms with Crippen molar-refractivity contribution in [2.45, 2.75) is 230 Å². The molecular weight excluding hydrogens is 1100 g/mol. The van der Waals surface area contributed by atoms with Crippen molar-refractivity contribution < 1.29 is 76.3 Å². The molecule has 486 valence electrons. The quantitative estimate of drug-likeness (QED) is 0.0409. The van der Waals surface area contributed by atoms with Crippen LogP contribution in [0.3, 0.4) is 0 Å². The van der Waals surface area contributed by atoms with E-state index in [1.54, 1.807) is 94.9 Å². The maximum absolute atomic E-state index is 14.8. The number of hydrogen-bond donors (Lipinski definition) is 1. The van der Waals surface area contributed by atoms with Gasteiger partial charge in [0.1, 0.15) is 35.1 Å². The SMILES string of the molecule is C=C(C(=O)[C@H](OC(C)=O)[C@@H](C)[C@H]1[C@@H](OC(C)=O)C[C@@]2(C)[C@@H]3CC[C@H]4[C@H](C)C(=O)C=C[C@@]45C[C@@]35CC[C@]12C)[C@@H](C)COC(=O)CN(CCCN(CCCCN(CCCNC(=O)OC(C)(C)C)C(=O)OC(C)(C)C)C(=O)OC(C)(C)C)C(=O)OC(C)(C)C. The largest absolute Gasteiger partial charge is 0.464 e. The fourth-order valence-electron chi connectivity index (χ4n) is 15.0. The number of ketones is 2. The molecule has 0 unspecified atom stereocenters. The molecule has 5 rings (SSSR count). The molecule has 86 heavy (non-hydrogen) atoms. The summed E-state index contributed by atoms with van der Waals surface area (Å²) in [6, 6.07) is 0. The van der Waals surface area contributed by atoms with Gasteiger partial charge in [0.15, 0.2) is 17.7 Å². The first-order valence-electron chi connectivity index (χ1n) is 31.4. The van der Waals surface area contributed by atoms with Gasteiger partial charge < -0.3 is 48.3 Å². The third kappa shape index (κ3) is 17.3. The van der Waals surface area contributed by atoms with Gasteiger partial charge in [-0.1, -0.05) is 47.3 Å². The van der Waals surface area contributed by atoms with Gasteiger partial charge in [0.25, 0.3) is 0 Å². The van der Waals surface area contributed by atoms with E-state index in [0.29, 0.717) is 44.7 Å². The maximum atomic E-state index is 14.8. The molecule has 0 radical (unpaired) electrons. The summed E-state index contributed by atoms with van der Waals surface area (Å²) in [5.74, 6) is -3.44. The minimum atomic E-state index is -1.30. The molecule has 4 amide bonds. The molecule has 20 heteroatoms. The average molecular weight is 1210 g/mol. The van der Waals surface area contributed by atoms with Crippen molar-refractivity contribution >= 4 is 53.8 Å². The highest BCUT2D eigenvalue weighted by Crippen LogP contribution is 2.87. The third-order valence-electron chi connectivity index (χ3n) is 18.9. The molecule has 0 aliphatic heterocycles. The zero-order chi connectivity index (χ0) is 64.9. The van der Waals surface area contributed by atoms with Crippen LogP contribution in [0.25, 0.3) is 0 Å². The highest BCUT2D eigenvalue weighted by Gasteiger charge is 2.82. The van der Waals surface area contributed by atoms with E-state index in [-0.39, 0.29) is 84.6 Å². The highest BCUT2D eigenvalue weighted by molar-refractivity contribution is 6.00. The Labute approximate surface area is 512 Å². The van der Waals surface area contributed by atoms with Gasteiger partial charge in [-0.3, -0.25) is 28.9 Å². The van der Waals surface area contributed by atoms with E-state index in [0.717, 1.165) is 32.1 Å². The number of amides is 4. The Balaban J connectivity index is 1.24. The molecule has 20 nitrogen and oxygen atoms in total. The van der Waals surface area contributed by atoms with Gasteiger partial charge in [0.05, 0.1) is 6.61 Å². The van der Waals surface area contributed by atoms with Crippen LogP contribution in [0.4, 0.5) is 19.2 Å². The second-order valence-corrected chi connectivity index (χ2v) is 29.9. The fourth-order valence-corrected chi connectivity index (χ4v) is 15.0. The third-order valence-corrected chi connectivity index (χ3v) is 18.9. The van der Waals surface area contributed by atoms with Crippen molar-refractivity contribution in [2.24, 2.45) is 57.2 Å². The highest BCUT2D eigenvalue weighted by atomic mass is 16.6. The number of fused-ring (bicyclic) bond motifs is 2. The van der Waals surface area contributed by atoms with Gasteiger partial charge in [-0.05, 0) is 192 Å². The van der Waals surface area contributed by atoms with Crippen molar-refractivity contribution in [1.29, 1.82) is 0 Å². The number of unbranched alkanes of at least 4 members (excludes halogenated alkanes) is 1. The molecule has 5 aliphatic carbocycles. The Kier molecular flexibility index (Phi) is 22.6. The minimum Gasteiger partial charge on any atom is -0.464 e. The van der Waals surface area contributed by atoms with Crippen LogP contribution in [0.15, 0.2) is 24.3 Å². The van der Waals surface area contributed by atoms with E-state index in [2.05, 4.69) is 38.7 Å². The van der Waals surface area contributed by atoms with Gasteiger partial charge in [-0.2, -0.15) is 0 Å². The summed E-state index contributed by atoms with van der Waals surface area (Å²) in [6.45, 7) is 38.4. The Morgan fingerprint density at radius 1 is 0.686 bits per heavy atom. The van der Waals surface area contributed by atoms with Gasteiger partial charge in [0.2, 0.25) is 0 Å². The molecular formula is C66H106N4O16. The van der Waals surface area contributed by atoms with Crippen molar-refractivity contribution in [3.8, 4) is 0 Å². The zero-order valence-electron chi connectivity index (χ0n) is 55.6. The van der Waals surface area contributed by atoms with Gasteiger partial charge in [-0.25, -0.2) is 19.2 Å². The fraction of sp³-hybridized carbons (Fsp3) is 0.803. The van der Waals surface area contributed by atoms with Crippen LogP contribution in [0.2, 0.25) is 0 Å². The number of ether oxygens (including phenoxy) is 7. The number of esters is 3. The minimum absolute atomic E-state index is 0.0242. The molecule has 0 aromatic carbocycles. The lowest BCUT2D eigenvalue weighted by molar-refractivity contribution is -0.166. The number of nitrogens with zero attached hydrogens (tertiary/aromatic N) is 3. The van der Waals surface area contributed by atoms with Crippen molar-refractivity contribution in [1.82, 2.24) is 20.0 Å². The number of hydrogen-bond acceptors (Lipinski definition) is 16. The number of Topliss-reactive ketones (excluding diaryl/α,β-unsaturated/α-hetero) is 1. The molecule has 0 heterocycles. The lowest BCUT2D eigenvalue weighted by Crippen LogP contribution is -2.56. The maximum Gasteiger partial charge on any atom is 0.410 e. The first kappa shape index (κ1) is 71.1. The monoisotopic (exact) mass is 1210 g/mol. The van der Waals surface area contributed by atoms with Crippen LogP contribution in [-0.2, 0) is 57.1 Å². The number of nitrogens with one attached hydrogen (secondary N) is 1. The van der Waals surface area contributed by atoms with Crippen molar-refractivity contribution in [2.75, 3.05) is 52.4 Å². The van der Waals surface area contributed by atoms with Crippen LogP contribution < -0.4 is 5.32 Å². The van der Waals surface area contributed by atoms with Crippen LogP contribution in [0, 0.1) is 57.2 Å². The molecule has 4 saturated carbocycles.